The molecule has 2 aromatic carbocycles. The molecule has 1 aliphatic rings. The van der Waals surface area contributed by atoms with Gasteiger partial charge in [-0.05, 0) is 18.2 Å². The molecule has 0 saturated carbocycles. The van der Waals surface area contributed by atoms with Gasteiger partial charge in [0.25, 0.3) is 5.69 Å². The lowest BCUT2D eigenvalue weighted by Gasteiger charge is -2.34. The maximum Gasteiger partial charge on any atom is 0.270 e. The van der Waals surface area contributed by atoms with Gasteiger partial charge in [0.2, 0.25) is 15.9 Å². The van der Waals surface area contributed by atoms with E-state index in [0.29, 0.717) is 0 Å². The summed E-state index contributed by atoms with van der Waals surface area (Å²) in [6, 6.07) is 12.7. The molecule has 0 unspecified atom stereocenters. The zero-order chi connectivity index (χ0) is 22.9. The number of non-ortho nitro benzene ring substituents is 1. The first-order valence-corrected chi connectivity index (χ1v) is 12.3. The van der Waals surface area contributed by atoms with Crippen LogP contribution < -0.4 is 0 Å². The van der Waals surface area contributed by atoms with E-state index in [9.17, 15) is 23.3 Å². The quantitative estimate of drug-likeness (QED) is 0.304. The molecule has 1 fully saturated rings. The van der Waals surface area contributed by atoms with Gasteiger partial charge >= 0.3 is 0 Å². The molecule has 10 nitrogen and oxygen atoms in total. The number of thioether (sulfide) groups is 1. The largest absolute Gasteiger partial charge is 0.339 e. The van der Waals surface area contributed by atoms with Gasteiger partial charge in [-0.1, -0.05) is 30.0 Å². The topological polar surface area (TPSA) is 119 Å². The number of aryl methyl sites for hydroxylation is 1. The van der Waals surface area contributed by atoms with Crippen LogP contribution >= 0.6 is 11.8 Å². The molecule has 168 valence electrons. The first-order chi connectivity index (χ1) is 15.3. The van der Waals surface area contributed by atoms with Gasteiger partial charge in [0.15, 0.2) is 5.16 Å². The van der Waals surface area contributed by atoms with Crippen molar-refractivity contribution in [3.8, 4) is 0 Å². The van der Waals surface area contributed by atoms with E-state index in [1.807, 2.05) is 35.9 Å². The molecule has 2 heterocycles. The van der Waals surface area contributed by atoms with Crippen LogP contribution in [0.3, 0.4) is 0 Å². The summed E-state index contributed by atoms with van der Waals surface area (Å²) in [7, 11) is -1.97. The smallest absolute Gasteiger partial charge is 0.270 e. The summed E-state index contributed by atoms with van der Waals surface area (Å²) in [4.78, 5) is 29.1. The van der Waals surface area contributed by atoms with Crippen LogP contribution in [0.4, 0.5) is 5.69 Å². The predicted molar refractivity (Wildman–Crippen MR) is 120 cm³/mol. The second kappa shape index (κ2) is 8.88. The van der Waals surface area contributed by atoms with Crippen molar-refractivity contribution in [2.24, 2.45) is 7.05 Å². The lowest BCUT2D eigenvalue weighted by molar-refractivity contribution is -0.385. The molecule has 0 radical (unpaired) electrons. The number of nitro groups is 1. The van der Waals surface area contributed by atoms with Gasteiger partial charge in [-0.3, -0.25) is 14.9 Å². The van der Waals surface area contributed by atoms with Crippen LogP contribution in [-0.2, 0) is 21.9 Å². The van der Waals surface area contributed by atoms with E-state index in [4.69, 9.17) is 0 Å². The monoisotopic (exact) mass is 475 g/mol. The van der Waals surface area contributed by atoms with Gasteiger partial charge in [-0.15, -0.1) is 0 Å². The number of imidazole rings is 1. The van der Waals surface area contributed by atoms with Crippen LogP contribution in [0.15, 0.2) is 58.6 Å². The van der Waals surface area contributed by atoms with Crippen LogP contribution in [0, 0.1) is 10.1 Å². The Kier molecular flexibility index (Phi) is 6.17. The molecule has 1 aliphatic heterocycles. The number of carbonyl (C=O) groups is 1. The number of sulfonamides is 1. The van der Waals surface area contributed by atoms with Gasteiger partial charge in [-0.25, -0.2) is 13.4 Å². The first-order valence-electron chi connectivity index (χ1n) is 9.84. The van der Waals surface area contributed by atoms with Crippen LogP contribution in [0.2, 0.25) is 0 Å². The summed E-state index contributed by atoms with van der Waals surface area (Å²) in [5.74, 6) is 0.115. The molecule has 0 atom stereocenters. The molecule has 3 aromatic rings. The molecule has 0 aliphatic carbocycles. The fraction of sp³-hybridized carbons (Fsp3) is 0.300. The van der Waals surface area contributed by atoms with Crippen LogP contribution in [0.1, 0.15) is 0 Å². The average Bonchev–Trinajstić information content (AvgIpc) is 3.13. The maximum absolute atomic E-state index is 12.9. The number of nitro benzene ring substituents is 1. The molecule has 0 bridgehead atoms. The van der Waals surface area contributed by atoms with Crippen molar-refractivity contribution in [1.29, 1.82) is 0 Å². The molecule has 4 rings (SSSR count). The van der Waals surface area contributed by atoms with Crippen LogP contribution in [0.5, 0.6) is 0 Å². The summed E-state index contributed by atoms with van der Waals surface area (Å²) in [5, 5.41) is 11.7. The third kappa shape index (κ3) is 4.33. The van der Waals surface area contributed by atoms with E-state index in [2.05, 4.69) is 4.98 Å². The minimum Gasteiger partial charge on any atom is -0.339 e. The lowest BCUT2D eigenvalue weighted by Crippen LogP contribution is -2.51. The molecule has 1 aromatic heterocycles. The van der Waals surface area contributed by atoms with Crippen molar-refractivity contribution in [3.05, 3.63) is 58.6 Å². The third-order valence-electron chi connectivity index (χ3n) is 5.33. The van der Waals surface area contributed by atoms with E-state index in [1.165, 1.54) is 34.3 Å². The number of para-hydroxylation sites is 2. The highest BCUT2D eigenvalue weighted by molar-refractivity contribution is 7.99. The summed E-state index contributed by atoms with van der Waals surface area (Å²) >= 11 is 1.35. The molecule has 1 amide bonds. The van der Waals surface area contributed by atoms with E-state index >= 15 is 0 Å². The lowest BCUT2D eigenvalue weighted by atomic mass is 10.3. The summed E-state index contributed by atoms with van der Waals surface area (Å²) in [5.41, 5.74) is 1.58. The molecular formula is C20H21N5O5S2. The number of nitrogens with zero attached hydrogens (tertiary/aromatic N) is 5. The first kappa shape index (κ1) is 22.2. The third-order valence-corrected chi connectivity index (χ3v) is 8.24. The molecule has 1 saturated heterocycles. The summed E-state index contributed by atoms with van der Waals surface area (Å²) in [6.07, 6.45) is 0. The van der Waals surface area contributed by atoms with Crippen molar-refractivity contribution in [3.63, 3.8) is 0 Å². The van der Waals surface area contributed by atoms with Crippen molar-refractivity contribution in [2.45, 2.75) is 10.1 Å². The fourth-order valence-corrected chi connectivity index (χ4v) is 5.91. The Morgan fingerprint density at radius 2 is 1.84 bits per heavy atom. The Balaban J connectivity index is 1.36. The Hall–Kier alpha value is -2.96. The highest BCUT2D eigenvalue weighted by Gasteiger charge is 2.31. The van der Waals surface area contributed by atoms with Crippen molar-refractivity contribution < 1.29 is 18.1 Å². The average molecular weight is 476 g/mol. The number of hydrogen-bond donors (Lipinski definition) is 0. The number of benzene rings is 2. The number of aromatic nitrogens is 2. The maximum atomic E-state index is 12.9. The number of hydrogen-bond acceptors (Lipinski definition) is 7. The SMILES string of the molecule is Cn1c(SCC(=O)N2CCN(S(=O)(=O)c3cccc([N+](=O)[O-])c3)CC2)nc2ccccc21. The van der Waals surface area contributed by atoms with Crippen LogP contribution in [0.25, 0.3) is 11.0 Å². The molecule has 32 heavy (non-hydrogen) atoms. The number of fused-ring (bicyclic) bond motifs is 1. The Labute approximate surface area is 189 Å². The van der Waals surface area contributed by atoms with Crippen molar-refractivity contribution in [2.75, 3.05) is 31.9 Å². The van der Waals surface area contributed by atoms with Gasteiger partial charge in [0, 0.05) is 45.4 Å². The number of piperazine rings is 1. The molecule has 12 heteroatoms. The van der Waals surface area contributed by atoms with E-state index in [1.54, 1.807) is 4.90 Å². The molecular weight excluding hydrogens is 454 g/mol. The Morgan fingerprint density at radius 3 is 2.53 bits per heavy atom. The van der Waals surface area contributed by atoms with E-state index in [-0.39, 0.29) is 48.4 Å². The van der Waals surface area contributed by atoms with E-state index < -0.39 is 14.9 Å². The fourth-order valence-electron chi connectivity index (χ4n) is 3.55. The number of amides is 1. The van der Waals surface area contributed by atoms with E-state index in [0.717, 1.165) is 22.3 Å². The highest BCUT2D eigenvalue weighted by Crippen LogP contribution is 2.24. The molecule has 0 N–H and O–H groups in total. The zero-order valence-corrected chi connectivity index (χ0v) is 18.9. The van der Waals surface area contributed by atoms with Gasteiger partial charge in [-0.2, -0.15) is 4.31 Å². The normalized spacial score (nSPS) is 15.2. The second-order valence-electron chi connectivity index (χ2n) is 7.27. The Bertz CT molecular complexity index is 1280. The highest BCUT2D eigenvalue weighted by atomic mass is 32.2. The van der Waals surface area contributed by atoms with Gasteiger partial charge in [0.1, 0.15) is 0 Å². The summed E-state index contributed by atoms with van der Waals surface area (Å²) in [6.45, 7) is 0.785. The zero-order valence-electron chi connectivity index (χ0n) is 17.2. The number of carbonyl (C=O) groups excluding carboxylic acids is 1. The predicted octanol–water partition coefficient (Wildman–Crippen LogP) is 2.11. The van der Waals surface area contributed by atoms with Gasteiger partial charge < -0.3 is 9.47 Å². The van der Waals surface area contributed by atoms with Crippen LogP contribution in [-0.4, -0.2) is 69.9 Å². The Morgan fingerprint density at radius 1 is 1.12 bits per heavy atom. The number of rotatable bonds is 6. The summed E-state index contributed by atoms with van der Waals surface area (Å²) < 4.78 is 28.9. The molecule has 0 spiro atoms. The minimum atomic E-state index is -3.87. The minimum absolute atomic E-state index is 0.0885. The second-order valence-corrected chi connectivity index (χ2v) is 10.2. The van der Waals surface area contributed by atoms with Crippen molar-refractivity contribution >= 4 is 44.4 Å². The van der Waals surface area contributed by atoms with Crippen molar-refractivity contribution in [1.82, 2.24) is 18.8 Å². The van der Waals surface area contributed by atoms with Gasteiger partial charge in [0.05, 0.1) is 26.6 Å². The standard InChI is InChI=1S/C20H21N5O5S2/c1-22-18-8-3-2-7-17(18)21-20(22)31-14-19(26)23-9-11-24(12-10-23)32(29,30)16-6-4-5-15(13-16)25(27)28/h2-8,13H,9-12,14H2,1H3.